The van der Waals surface area contributed by atoms with Crippen LogP contribution in [0.2, 0.25) is 0 Å². The third-order valence-corrected chi connectivity index (χ3v) is 7.90. The summed E-state index contributed by atoms with van der Waals surface area (Å²) in [4.78, 5) is 20.5. The molecular weight excluding hydrogens is 474 g/mol. The second-order valence-corrected chi connectivity index (χ2v) is 10.6. The highest BCUT2D eigenvalue weighted by atomic mass is 16.5. The van der Waals surface area contributed by atoms with Crippen LogP contribution in [0.4, 0.5) is 0 Å². The maximum absolute atomic E-state index is 13.6. The van der Waals surface area contributed by atoms with E-state index in [4.69, 9.17) is 9.47 Å². The van der Waals surface area contributed by atoms with Gasteiger partial charge in [0, 0.05) is 29.3 Å². The topological polar surface area (TPSA) is 63.7 Å². The van der Waals surface area contributed by atoms with Crippen LogP contribution < -0.4 is 14.8 Å². The SMILES string of the molecule is Cc1ccc(OC[C@@H]2CCN2C)cc1C(=O)NC1(c2cc(OCc3ccccc3)cc3ncccc23)CC1. The number of ether oxygens (including phenoxy) is 2. The zero-order chi connectivity index (χ0) is 26.1. The number of pyridine rings is 1. The van der Waals surface area contributed by atoms with E-state index in [0.29, 0.717) is 24.8 Å². The van der Waals surface area contributed by atoms with Crippen molar-refractivity contribution in [2.75, 3.05) is 20.2 Å². The molecule has 1 aliphatic heterocycles. The normalized spacial score (nSPS) is 18.0. The first-order chi connectivity index (χ1) is 18.5. The van der Waals surface area contributed by atoms with E-state index in [0.717, 1.165) is 64.9 Å². The summed E-state index contributed by atoms with van der Waals surface area (Å²) in [6.07, 6.45) is 4.68. The minimum atomic E-state index is -0.442. The van der Waals surface area contributed by atoms with Gasteiger partial charge >= 0.3 is 0 Å². The summed E-state index contributed by atoms with van der Waals surface area (Å²) < 4.78 is 12.2. The fourth-order valence-corrected chi connectivity index (χ4v) is 5.16. The van der Waals surface area contributed by atoms with Gasteiger partial charge in [-0.05, 0) is 80.7 Å². The molecule has 1 saturated carbocycles. The van der Waals surface area contributed by atoms with E-state index in [2.05, 4.69) is 34.4 Å². The summed E-state index contributed by atoms with van der Waals surface area (Å²) in [7, 11) is 2.11. The number of carbonyl (C=O) groups excluding carboxylic acids is 1. The van der Waals surface area contributed by atoms with Crippen LogP contribution in [0.5, 0.6) is 11.5 Å². The van der Waals surface area contributed by atoms with E-state index in [1.54, 1.807) is 6.20 Å². The molecule has 0 bridgehead atoms. The number of hydrogen-bond acceptors (Lipinski definition) is 5. The van der Waals surface area contributed by atoms with E-state index < -0.39 is 5.54 Å². The number of benzene rings is 3. The molecule has 1 aliphatic carbocycles. The number of rotatable bonds is 9. The lowest BCUT2D eigenvalue weighted by Gasteiger charge is -2.37. The van der Waals surface area contributed by atoms with E-state index in [-0.39, 0.29) is 5.91 Å². The molecule has 6 rings (SSSR count). The van der Waals surface area contributed by atoms with Gasteiger partial charge in [-0.1, -0.05) is 42.5 Å². The molecule has 0 unspecified atom stereocenters. The lowest BCUT2D eigenvalue weighted by molar-refractivity contribution is 0.0767. The Bertz CT molecular complexity index is 1470. The van der Waals surface area contributed by atoms with E-state index >= 15 is 0 Å². The molecule has 1 saturated heterocycles. The average molecular weight is 508 g/mol. The minimum Gasteiger partial charge on any atom is -0.492 e. The van der Waals surface area contributed by atoms with E-state index in [1.807, 2.05) is 67.6 Å². The zero-order valence-electron chi connectivity index (χ0n) is 21.9. The lowest BCUT2D eigenvalue weighted by Crippen LogP contribution is -2.48. The van der Waals surface area contributed by atoms with Crippen molar-refractivity contribution >= 4 is 16.8 Å². The van der Waals surface area contributed by atoms with Crippen molar-refractivity contribution in [2.24, 2.45) is 0 Å². The number of aryl methyl sites for hydroxylation is 1. The highest BCUT2D eigenvalue weighted by molar-refractivity contribution is 5.97. The Morgan fingerprint density at radius 2 is 1.87 bits per heavy atom. The predicted molar refractivity (Wildman–Crippen MR) is 149 cm³/mol. The molecule has 6 heteroatoms. The number of carbonyl (C=O) groups is 1. The van der Waals surface area contributed by atoms with Gasteiger partial charge in [-0.2, -0.15) is 0 Å². The number of likely N-dealkylation sites (N-methyl/N-ethyl adjacent to an activating group) is 1. The summed E-state index contributed by atoms with van der Waals surface area (Å²) in [5.74, 6) is 1.40. The van der Waals surface area contributed by atoms with Gasteiger partial charge in [0.25, 0.3) is 5.91 Å². The summed E-state index contributed by atoms with van der Waals surface area (Å²) in [5, 5.41) is 4.41. The number of nitrogens with zero attached hydrogens (tertiary/aromatic N) is 2. The second kappa shape index (κ2) is 10.1. The third-order valence-electron chi connectivity index (χ3n) is 7.90. The third kappa shape index (κ3) is 4.96. The number of amides is 1. The van der Waals surface area contributed by atoms with Crippen molar-refractivity contribution in [1.29, 1.82) is 0 Å². The maximum Gasteiger partial charge on any atom is 0.252 e. The van der Waals surface area contributed by atoms with E-state index in [1.165, 1.54) is 0 Å². The fourth-order valence-electron chi connectivity index (χ4n) is 5.16. The number of fused-ring (bicyclic) bond motifs is 1. The summed E-state index contributed by atoms with van der Waals surface area (Å²) in [6, 6.07) is 24.4. The summed E-state index contributed by atoms with van der Waals surface area (Å²) in [5.41, 5.74) is 4.15. The van der Waals surface area contributed by atoms with Crippen molar-refractivity contribution in [2.45, 2.75) is 44.4 Å². The molecule has 38 heavy (non-hydrogen) atoms. The van der Waals surface area contributed by atoms with Crippen LogP contribution in [0, 0.1) is 6.92 Å². The molecule has 1 aromatic heterocycles. The molecular formula is C32H33N3O3. The number of nitrogens with one attached hydrogen (secondary N) is 1. The van der Waals surface area contributed by atoms with Gasteiger partial charge in [0.1, 0.15) is 24.7 Å². The van der Waals surface area contributed by atoms with Crippen molar-refractivity contribution in [3.05, 3.63) is 101 Å². The number of likely N-dealkylation sites (tertiary alicyclic amines) is 1. The van der Waals surface area contributed by atoms with Gasteiger partial charge in [-0.15, -0.1) is 0 Å². The Morgan fingerprint density at radius 3 is 2.61 bits per heavy atom. The van der Waals surface area contributed by atoms with E-state index in [9.17, 15) is 4.79 Å². The van der Waals surface area contributed by atoms with Crippen LogP contribution in [0.3, 0.4) is 0 Å². The van der Waals surface area contributed by atoms with Crippen LogP contribution in [-0.4, -0.2) is 42.0 Å². The Morgan fingerprint density at radius 1 is 1.03 bits per heavy atom. The Kier molecular flexibility index (Phi) is 6.50. The Balaban J connectivity index is 1.24. The first-order valence-electron chi connectivity index (χ1n) is 13.3. The zero-order valence-corrected chi connectivity index (χ0v) is 21.9. The van der Waals surface area contributed by atoms with Gasteiger partial charge in [-0.3, -0.25) is 14.7 Å². The van der Waals surface area contributed by atoms with Crippen molar-refractivity contribution in [3.8, 4) is 11.5 Å². The minimum absolute atomic E-state index is 0.0844. The van der Waals surface area contributed by atoms with Crippen LogP contribution in [0.1, 0.15) is 46.3 Å². The van der Waals surface area contributed by atoms with Gasteiger partial charge in [0.2, 0.25) is 0 Å². The van der Waals surface area contributed by atoms with Gasteiger partial charge in [0.15, 0.2) is 0 Å². The summed E-state index contributed by atoms with van der Waals surface area (Å²) >= 11 is 0. The molecule has 0 spiro atoms. The number of aromatic nitrogens is 1. The van der Waals surface area contributed by atoms with Crippen LogP contribution in [0.15, 0.2) is 79.0 Å². The molecule has 1 atom stereocenters. The largest absolute Gasteiger partial charge is 0.492 e. The average Bonchev–Trinajstić information content (AvgIpc) is 3.72. The Labute approximate surface area is 223 Å². The maximum atomic E-state index is 13.6. The van der Waals surface area contributed by atoms with Crippen LogP contribution in [-0.2, 0) is 12.1 Å². The molecule has 2 fully saturated rings. The fraction of sp³-hybridized carbons (Fsp3) is 0.312. The molecule has 1 amide bonds. The second-order valence-electron chi connectivity index (χ2n) is 10.6. The molecule has 1 N–H and O–H groups in total. The van der Waals surface area contributed by atoms with Crippen molar-refractivity contribution in [3.63, 3.8) is 0 Å². The Hall–Kier alpha value is -3.90. The highest BCUT2D eigenvalue weighted by Crippen LogP contribution is 2.49. The first kappa shape index (κ1) is 24.4. The van der Waals surface area contributed by atoms with Crippen LogP contribution in [0.25, 0.3) is 10.9 Å². The smallest absolute Gasteiger partial charge is 0.252 e. The predicted octanol–water partition coefficient (Wildman–Crippen LogP) is 5.62. The quantitative estimate of drug-likeness (QED) is 0.318. The van der Waals surface area contributed by atoms with Gasteiger partial charge in [-0.25, -0.2) is 0 Å². The lowest BCUT2D eigenvalue weighted by atomic mass is 9.97. The molecule has 2 aliphatic rings. The van der Waals surface area contributed by atoms with Crippen molar-refractivity contribution < 1.29 is 14.3 Å². The standard InChI is InChI=1S/C32H33N3O3/c1-22-10-11-25(38-21-24-12-16-35(24)2)17-28(22)31(36)34-32(13-14-32)29-18-26(19-30-27(29)9-6-15-33-30)37-20-23-7-4-3-5-8-23/h3-11,15,17-19,24H,12-14,16,20-21H2,1-2H3,(H,34,36)/t24-/m0/s1. The monoisotopic (exact) mass is 507 g/mol. The molecule has 3 aromatic carbocycles. The van der Waals surface area contributed by atoms with Gasteiger partial charge < -0.3 is 14.8 Å². The highest BCUT2D eigenvalue weighted by Gasteiger charge is 2.47. The molecule has 194 valence electrons. The van der Waals surface area contributed by atoms with Gasteiger partial charge in [0.05, 0.1) is 11.1 Å². The van der Waals surface area contributed by atoms with Crippen molar-refractivity contribution in [1.82, 2.24) is 15.2 Å². The molecule has 4 aromatic rings. The molecule has 0 radical (unpaired) electrons. The molecule has 2 heterocycles. The first-order valence-corrected chi connectivity index (χ1v) is 13.3. The summed E-state index contributed by atoms with van der Waals surface area (Å²) in [6.45, 7) is 4.19. The van der Waals surface area contributed by atoms with Crippen LogP contribution >= 0.6 is 0 Å². The number of hydrogen-bond donors (Lipinski definition) is 1. The molecule has 6 nitrogen and oxygen atoms in total.